The van der Waals surface area contributed by atoms with Gasteiger partial charge >= 0.3 is 0 Å². The third kappa shape index (κ3) is 3.87. The smallest absolute Gasteiger partial charge is 0.226 e. The van der Waals surface area contributed by atoms with Crippen molar-refractivity contribution in [1.29, 1.82) is 0 Å². The van der Waals surface area contributed by atoms with Crippen LogP contribution >= 0.6 is 0 Å². The predicted octanol–water partition coefficient (Wildman–Crippen LogP) is 0.849. The van der Waals surface area contributed by atoms with Gasteiger partial charge in [-0.05, 0) is 18.1 Å². The van der Waals surface area contributed by atoms with E-state index in [-0.39, 0.29) is 23.7 Å². The van der Waals surface area contributed by atoms with Crippen LogP contribution in [0.2, 0.25) is 0 Å². The van der Waals surface area contributed by atoms with Crippen LogP contribution in [0, 0.1) is 11.8 Å². The zero-order valence-electron chi connectivity index (χ0n) is 14.0. The van der Waals surface area contributed by atoms with Crippen molar-refractivity contribution in [3.8, 4) is 5.75 Å². The fourth-order valence-corrected chi connectivity index (χ4v) is 3.29. The minimum absolute atomic E-state index is 0.00675. The van der Waals surface area contributed by atoms with Crippen LogP contribution in [0.5, 0.6) is 5.75 Å². The van der Waals surface area contributed by atoms with Gasteiger partial charge in [-0.3, -0.25) is 9.59 Å². The van der Waals surface area contributed by atoms with Crippen molar-refractivity contribution in [1.82, 2.24) is 10.2 Å². The van der Waals surface area contributed by atoms with Crippen LogP contribution in [-0.4, -0.2) is 56.7 Å². The summed E-state index contributed by atoms with van der Waals surface area (Å²) >= 11 is 0. The van der Waals surface area contributed by atoms with Crippen molar-refractivity contribution in [2.24, 2.45) is 11.8 Å². The van der Waals surface area contributed by atoms with E-state index in [1.54, 1.807) is 12.0 Å². The minimum atomic E-state index is -0.165. The lowest BCUT2D eigenvalue weighted by Crippen LogP contribution is -2.40. The molecule has 2 heterocycles. The highest BCUT2D eigenvalue weighted by Crippen LogP contribution is 2.27. The largest absolute Gasteiger partial charge is 0.492 e. The molecular weight excluding hydrogens is 308 g/mol. The average Bonchev–Trinajstić information content (AvgIpc) is 2.97. The number of amides is 2. The Labute approximate surface area is 142 Å². The van der Waals surface area contributed by atoms with Crippen LogP contribution in [0.1, 0.15) is 12.0 Å². The van der Waals surface area contributed by atoms with E-state index >= 15 is 0 Å². The minimum Gasteiger partial charge on any atom is -0.492 e. The molecule has 0 radical (unpaired) electrons. The molecule has 1 saturated heterocycles. The molecule has 6 nitrogen and oxygen atoms in total. The van der Waals surface area contributed by atoms with E-state index in [0.29, 0.717) is 45.7 Å². The summed E-state index contributed by atoms with van der Waals surface area (Å²) in [4.78, 5) is 26.1. The Morgan fingerprint density at radius 3 is 3.04 bits per heavy atom. The Morgan fingerprint density at radius 2 is 2.21 bits per heavy atom. The molecule has 2 atom stereocenters. The first-order chi connectivity index (χ1) is 11.7. The van der Waals surface area contributed by atoms with Crippen molar-refractivity contribution < 1.29 is 19.1 Å². The summed E-state index contributed by atoms with van der Waals surface area (Å²) in [6, 6.07) is 7.83. The maximum atomic E-state index is 12.4. The summed E-state index contributed by atoms with van der Waals surface area (Å²) in [6.45, 7) is 2.79. The number of nitrogens with zero attached hydrogens (tertiary/aromatic N) is 1. The van der Waals surface area contributed by atoms with E-state index in [1.807, 2.05) is 24.3 Å². The second kappa shape index (κ2) is 7.66. The molecule has 2 aliphatic rings. The first-order valence-electron chi connectivity index (χ1n) is 8.42. The molecule has 0 saturated carbocycles. The molecule has 0 spiro atoms. The molecular formula is C18H24N2O4. The highest BCUT2D eigenvalue weighted by Gasteiger charge is 2.31. The second-order valence-corrected chi connectivity index (χ2v) is 6.47. The molecule has 2 aliphatic heterocycles. The quantitative estimate of drug-likeness (QED) is 0.839. The van der Waals surface area contributed by atoms with Gasteiger partial charge in [0.1, 0.15) is 12.4 Å². The van der Waals surface area contributed by atoms with Crippen molar-refractivity contribution >= 4 is 11.8 Å². The number of para-hydroxylation sites is 1. The van der Waals surface area contributed by atoms with Gasteiger partial charge in [-0.1, -0.05) is 18.2 Å². The molecule has 1 fully saturated rings. The lowest BCUT2D eigenvalue weighted by molar-refractivity contribution is -0.128. The van der Waals surface area contributed by atoms with E-state index in [0.717, 1.165) is 11.3 Å². The Morgan fingerprint density at radius 1 is 1.38 bits per heavy atom. The molecule has 0 bridgehead atoms. The number of rotatable bonds is 6. The van der Waals surface area contributed by atoms with Gasteiger partial charge in [-0.25, -0.2) is 0 Å². The Bertz CT molecular complexity index is 604. The van der Waals surface area contributed by atoms with E-state index < -0.39 is 0 Å². The van der Waals surface area contributed by atoms with E-state index in [9.17, 15) is 9.59 Å². The van der Waals surface area contributed by atoms with Crippen LogP contribution in [-0.2, 0) is 20.7 Å². The zero-order chi connectivity index (χ0) is 16.9. The van der Waals surface area contributed by atoms with Gasteiger partial charge in [-0.2, -0.15) is 0 Å². The van der Waals surface area contributed by atoms with Crippen molar-refractivity contribution in [3.05, 3.63) is 29.8 Å². The molecule has 2 unspecified atom stereocenters. The average molecular weight is 332 g/mol. The summed E-state index contributed by atoms with van der Waals surface area (Å²) in [7, 11) is 1.63. The summed E-state index contributed by atoms with van der Waals surface area (Å²) < 4.78 is 10.7. The number of fused-ring (bicyclic) bond motifs is 1. The standard InChI is InChI=1S/C18H24N2O4/c1-23-7-6-20-11-13(8-17(20)21)10-19-18(22)15-9-14-4-2-3-5-16(14)24-12-15/h2-5,13,15H,6-12H2,1H3,(H,19,22). The number of carbonyl (C=O) groups is 2. The summed E-state index contributed by atoms with van der Waals surface area (Å²) in [5, 5.41) is 2.99. The molecule has 24 heavy (non-hydrogen) atoms. The highest BCUT2D eigenvalue weighted by atomic mass is 16.5. The highest BCUT2D eigenvalue weighted by molar-refractivity contribution is 5.80. The first kappa shape index (κ1) is 16.8. The maximum absolute atomic E-state index is 12.4. The third-order valence-electron chi connectivity index (χ3n) is 4.67. The molecule has 130 valence electrons. The fourth-order valence-electron chi connectivity index (χ4n) is 3.29. The summed E-state index contributed by atoms with van der Waals surface area (Å²) in [5.41, 5.74) is 1.07. The van der Waals surface area contributed by atoms with Gasteiger partial charge < -0.3 is 19.7 Å². The van der Waals surface area contributed by atoms with Gasteiger partial charge in [0, 0.05) is 39.1 Å². The fraction of sp³-hybridized carbons (Fsp3) is 0.556. The second-order valence-electron chi connectivity index (χ2n) is 6.47. The Hall–Kier alpha value is -2.08. The number of likely N-dealkylation sites (tertiary alicyclic amines) is 1. The molecule has 3 rings (SSSR count). The van der Waals surface area contributed by atoms with Crippen molar-refractivity contribution in [2.75, 3.05) is 40.0 Å². The molecule has 1 N–H and O–H groups in total. The van der Waals surface area contributed by atoms with Gasteiger partial charge in [0.2, 0.25) is 11.8 Å². The van der Waals surface area contributed by atoms with E-state index in [1.165, 1.54) is 0 Å². The Kier molecular flexibility index (Phi) is 5.35. The Balaban J connectivity index is 1.46. The zero-order valence-corrected chi connectivity index (χ0v) is 14.0. The first-order valence-corrected chi connectivity index (χ1v) is 8.42. The number of carbonyl (C=O) groups excluding carboxylic acids is 2. The molecule has 0 aromatic heterocycles. The maximum Gasteiger partial charge on any atom is 0.226 e. The van der Waals surface area contributed by atoms with Crippen LogP contribution in [0.25, 0.3) is 0 Å². The van der Waals surface area contributed by atoms with Crippen LogP contribution in [0.3, 0.4) is 0 Å². The monoisotopic (exact) mass is 332 g/mol. The van der Waals surface area contributed by atoms with Crippen LogP contribution in [0.15, 0.2) is 24.3 Å². The molecule has 1 aromatic rings. The normalized spacial score (nSPS) is 22.9. The lowest BCUT2D eigenvalue weighted by Gasteiger charge is -2.25. The number of hydrogen-bond donors (Lipinski definition) is 1. The number of nitrogens with one attached hydrogen (secondary N) is 1. The van der Waals surface area contributed by atoms with Gasteiger partial charge in [-0.15, -0.1) is 0 Å². The van der Waals surface area contributed by atoms with Gasteiger partial charge in [0.15, 0.2) is 0 Å². The van der Waals surface area contributed by atoms with E-state index in [4.69, 9.17) is 9.47 Å². The number of hydrogen-bond acceptors (Lipinski definition) is 4. The van der Waals surface area contributed by atoms with Gasteiger partial charge in [0.05, 0.1) is 12.5 Å². The van der Waals surface area contributed by atoms with Crippen LogP contribution < -0.4 is 10.1 Å². The topological polar surface area (TPSA) is 67.9 Å². The van der Waals surface area contributed by atoms with Crippen LogP contribution in [0.4, 0.5) is 0 Å². The van der Waals surface area contributed by atoms with Gasteiger partial charge in [0.25, 0.3) is 0 Å². The number of methoxy groups -OCH3 is 1. The molecule has 0 aliphatic carbocycles. The number of ether oxygens (including phenoxy) is 2. The SMILES string of the molecule is COCCN1CC(CNC(=O)C2COc3ccccc3C2)CC1=O. The summed E-state index contributed by atoms with van der Waals surface area (Å²) in [5.74, 6) is 1.03. The lowest BCUT2D eigenvalue weighted by atomic mass is 9.96. The molecule has 1 aromatic carbocycles. The summed E-state index contributed by atoms with van der Waals surface area (Å²) in [6.07, 6.45) is 1.19. The van der Waals surface area contributed by atoms with Crippen molar-refractivity contribution in [3.63, 3.8) is 0 Å². The predicted molar refractivity (Wildman–Crippen MR) is 88.7 cm³/mol. The third-order valence-corrected chi connectivity index (χ3v) is 4.67. The van der Waals surface area contributed by atoms with E-state index in [2.05, 4.69) is 5.32 Å². The molecule has 2 amide bonds. The van der Waals surface area contributed by atoms with Crippen molar-refractivity contribution in [2.45, 2.75) is 12.8 Å². The number of benzene rings is 1. The molecule has 6 heteroatoms.